The topological polar surface area (TPSA) is 96.1 Å². The van der Waals surface area contributed by atoms with Gasteiger partial charge in [0, 0.05) is 50.8 Å². The first-order chi connectivity index (χ1) is 14.6. The highest BCUT2D eigenvalue weighted by atomic mass is 19.4. The second-order valence-electron chi connectivity index (χ2n) is 8.30. The number of amides is 1. The zero-order valence-corrected chi connectivity index (χ0v) is 17.7. The van der Waals surface area contributed by atoms with E-state index in [2.05, 4.69) is 15.0 Å². The van der Waals surface area contributed by atoms with Crippen molar-refractivity contribution < 1.29 is 37.1 Å². The minimum atomic E-state index is -5.08. The highest BCUT2D eigenvalue weighted by Crippen LogP contribution is 2.36. The molecule has 0 saturated carbocycles. The number of fused-ring (bicyclic) bond motifs is 1. The fourth-order valence-corrected chi connectivity index (χ4v) is 4.57. The van der Waals surface area contributed by atoms with Crippen LogP contribution in [0.25, 0.3) is 0 Å². The molecule has 1 N–H and O–H groups in total. The van der Waals surface area contributed by atoms with Crippen LogP contribution >= 0.6 is 0 Å². The molecule has 0 aromatic carbocycles. The molecule has 8 nitrogen and oxygen atoms in total. The summed E-state index contributed by atoms with van der Waals surface area (Å²) in [5.41, 5.74) is 2.10. The van der Waals surface area contributed by atoms with Gasteiger partial charge < -0.3 is 19.3 Å². The number of aryl methyl sites for hydroxylation is 2. The van der Waals surface area contributed by atoms with E-state index in [1.165, 1.54) is 0 Å². The molecule has 0 aliphatic carbocycles. The van der Waals surface area contributed by atoms with Crippen molar-refractivity contribution in [1.29, 1.82) is 0 Å². The van der Waals surface area contributed by atoms with Crippen LogP contribution in [0.1, 0.15) is 36.3 Å². The fourth-order valence-electron chi connectivity index (χ4n) is 4.57. The molecule has 0 spiro atoms. The first kappa shape index (κ1) is 23.5. The van der Waals surface area contributed by atoms with Gasteiger partial charge in [0.25, 0.3) is 0 Å². The van der Waals surface area contributed by atoms with Gasteiger partial charge >= 0.3 is 12.1 Å². The van der Waals surface area contributed by atoms with Crippen LogP contribution in [0.15, 0.2) is 4.52 Å². The Morgan fingerprint density at radius 2 is 1.84 bits per heavy atom. The Kier molecular flexibility index (Phi) is 7.25. The molecule has 3 atom stereocenters. The van der Waals surface area contributed by atoms with E-state index in [1.54, 1.807) is 0 Å². The van der Waals surface area contributed by atoms with Gasteiger partial charge in [0.15, 0.2) is 0 Å². The van der Waals surface area contributed by atoms with Crippen LogP contribution in [0.5, 0.6) is 0 Å². The zero-order valence-electron chi connectivity index (χ0n) is 17.7. The minimum absolute atomic E-state index is 0.0739. The number of carbonyl (C=O) groups is 2. The van der Waals surface area contributed by atoms with Crippen molar-refractivity contribution in [3.05, 3.63) is 17.0 Å². The molecular weight excluding hydrogens is 419 g/mol. The largest absolute Gasteiger partial charge is 0.490 e. The third kappa shape index (κ3) is 5.57. The van der Waals surface area contributed by atoms with E-state index in [1.807, 2.05) is 13.8 Å². The van der Waals surface area contributed by atoms with Crippen LogP contribution in [0.3, 0.4) is 0 Å². The van der Waals surface area contributed by atoms with E-state index in [0.717, 1.165) is 75.6 Å². The fraction of sp³-hybridized carbons (Fsp3) is 0.750. The molecule has 174 valence electrons. The Morgan fingerprint density at radius 1 is 1.19 bits per heavy atom. The van der Waals surface area contributed by atoms with E-state index in [4.69, 9.17) is 19.2 Å². The molecule has 0 unspecified atom stereocenters. The molecule has 0 radical (unpaired) electrons. The molecule has 0 bridgehead atoms. The van der Waals surface area contributed by atoms with Gasteiger partial charge in [-0.25, -0.2) is 4.79 Å². The molecule has 3 saturated heterocycles. The van der Waals surface area contributed by atoms with E-state index in [9.17, 15) is 18.0 Å². The molecule has 3 aliphatic rings. The summed E-state index contributed by atoms with van der Waals surface area (Å²) in [6.45, 7) is 9.10. The standard InChI is InChI=1S/C18H27N3O3.C2HF3O2/c1-12-15(13(2)24-19-12)9-20-10-16(14-5-8-23-17(14)11-20)18(22)21-6-3-4-7-21;3-2(4,5)1(6)7/h14,16-17H,3-11H2,1-2H3;(H,6,7)/t14-,16-,17+;/m0./s1. The Balaban J connectivity index is 0.000000339. The maximum atomic E-state index is 13.0. The number of rotatable bonds is 3. The number of aromatic nitrogens is 1. The highest BCUT2D eigenvalue weighted by Gasteiger charge is 2.45. The maximum absolute atomic E-state index is 13.0. The smallest absolute Gasteiger partial charge is 0.475 e. The second kappa shape index (κ2) is 9.56. The first-order valence-electron chi connectivity index (χ1n) is 10.4. The molecule has 1 aromatic rings. The number of ether oxygens (including phenoxy) is 1. The SMILES string of the molecule is Cc1noc(C)c1CN1C[C@H](C(=O)N2CCCC2)[C@@H]2CCO[C@@H]2C1.O=C(O)C(F)(F)F. The molecule has 3 aliphatic heterocycles. The van der Waals surface area contributed by atoms with Crippen molar-refractivity contribution in [2.24, 2.45) is 11.8 Å². The number of hydrogen-bond donors (Lipinski definition) is 1. The predicted molar refractivity (Wildman–Crippen MR) is 102 cm³/mol. The third-order valence-electron chi connectivity index (χ3n) is 6.21. The monoisotopic (exact) mass is 447 g/mol. The number of carboxylic acid groups (broad SMARTS) is 1. The number of halogens is 3. The van der Waals surface area contributed by atoms with Crippen molar-refractivity contribution in [2.75, 3.05) is 32.8 Å². The Morgan fingerprint density at radius 3 is 2.39 bits per heavy atom. The van der Waals surface area contributed by atoms with Crippen LogP contribution in [0.2, 0.25) is 0 Å². The van der Waals surface area contributed by atoms with Crippen LogP contribution in [0.4, 0.5) is 13.2 Å². The van der Waals surface area contributed by atoms with Crippen molar-refractivity contribution in [1.82, 2.24) is 15.0 Å². The van der Waals surface area contributed by atoms with Crippen LogP contribution in [-0.2, 0) is 20.9 Å². The van der Waals surface area contributed by atoms with Crippen LogP contribution in [0, 0.1) is 25.7 Å². The van der Waals surface area contributed by atoms with Gasteiger partial charge in [0.2, 0.25) is 5.91 Å². The van der Waals surface area contributed by atoms with Crippen molar-refractivity contribution >= 4 is 11.9 Å². The average molecular weight is 447 g/mol. The molecule has 31 heavy (non-hydrogen) atoms. The summed E-state index contributed by atoms with van der Waals surface area (Å²) >= 11 is 0. The van der Waals surface area contributed by atoms with Gasteiger partial charge in [-0.2, -0.15) is 13.2 Å². The normalized spacial score (nSPS) is 26.4. The number of likely N-dealkylation sites (tertiary alicyclic amines) is 2. The number of nitrogens with zero attached hydrogens (tertiary/aromatic N) is 3. The summed E-state index contributed by atoms with van der Waals surface area (Å²) in [6, 6.07) is 0. The first-order valence-corrected chi connectivity index (χ1v) is 10.4. The summed E-state index contributed by atoms with van der Waals surface area (Å²) in [7, 11) is 0. The van der Waals surface area contributed by atoms with E-state index in [0.29, 0.717) is 11.8 Å². The lowest BCUT2D eigenvalue weighted by molar-refractivity contribution is -0.192. The molecule has 1 amide bonds. The van der Waals surface area contributed by atoms with Crippen molar-refractivity contribution in [3.8, 4) is 0 Å². The molecule has 1 aromatic heterocycles. The highest BCUT2D eigenvalue weighted by molar-refractivity contribution is 5.80. The summed E-state index contributed by atoms with van der Waals surface area (Å²) in [5.74, 6) is -1.07. The third-order valence-corrected chi connectivity index (χ3v) is 6.21. The quantitative estimate of drug-likeness (QED) is 0.760. The van der Waals surface area contributed by atoms with Gasteiger partial charge in [0.05, 0.1) is 17.7 Å². The summed E-state index contributed by atoms with van der Waals surface area (Å²) in [4.78, 5) is 26.4. The lowest BCUT2D eigenvalue weighted by Crippen LogP contribution is -2.52. The van der Waals surface area contributed by atoms with Gasteiger partial charge in [0.1, 0.15) is 5.76 Å². The number of aliphatic carboxylic acids is 1. The number of hydrogen-bond acceptors (Lipinski definition) is 6. The van der Waals surface area contributed by atoms with Gasteiger partial charge in [-0.15, -0.1) is 0 Å². The minimum Gasteiger partial charge on any atom is -0.475 e. The lowest BCUT2D eigenvalue weighted by atomic mass is 9.81. The number of carbonyl (C=O) groups excluding carboxylic acids is 1. The van der Waals surface area contributed by atoms with Crippen LogP contribution in [-0.4, -0.2) is 77.0 Å². The van der Waals surface area contributed by atoms with Crippen LogP contribution < -0.4 is 0 Å². The molecule has 3 fully saturated rings. The van der Waals surface area contributed by atoms with Crippen molar-refractivity contribution in [3.63, 3.8) is 0 Å². The molecule has 4 rings (SSSR count). The average Bonchev–Trinajstić information content (AvgIpc) is 3.45. The summed E-state index contributed by atoms with van der Waals surface area (Å²) < 4.78 is 43.0. The summed E-state index contributed by atoms with van der Waals surface area (Å²) in [6.07, 6.45) is -1.58. The second-order valence-corrected chi connectivity index (χ2v) is 8.30. The number of carboxylic acids is 1. The Hall–Kier alpha value is -2.14. The van der Waals surface area contributed by atoms with Crippen molar-refractivity contribution in [2.45, 2.75) is 51.9 Å². The molecular formula is C20H28F3N3O5. The maximum Gasteiger partial charge on any atom is 0.490 e. The number of piperidine rings is 1. The van der Waals surface area contributed by atoms with E-state index >= 15 is 0 Å². The van der Waals surface area contributed by atoms with E-state index in [-0.39, 0.29) is 12.0 Å². The van der Waals surface area contributed by atoms with Gasteiger partial charge in [-0.05, 0) is 33.1 Å². The molecule has 4 heterocycles. The zero-order chi connectivity index (χ0) is 22.8. The Bertz CT molecular complexity index is 772. The number of alkyl halides is 3. The van der Waals surface area contributed by atoms with E-state index < -0.39 is 12.1 Å². The lowest BCUT2D eigenvalue weighted by Gasteiger charge is -2.40. The van der Waals surface area contributed by atoms with Gasteiger partial charge in [-0.1, -0.05) is 5.16 Å². The summed E-state index contributed by atoms with van der Waals surface area (Å²) in [5, 5.41) is 11.2. The molecule has 11 heteroatoms. The Labute approximate surface area is 178 Å². The van der Waals surface area contributed by atoms with Gasteiger partial charge in [-0.3, -0.25) is 9.69 Å². The predicted octanol–water partition coefficient (Wildman–Crippen LogP) is 2.38.